The second-order valence-corrected chi connectivity index (χ2v) is 2.90. The molecule has 76 valence electrons. The number of aromatic nitrogens is 4. The van der Waals surface area contributed by atoms with Gasteiger partial charge in [-0.15, -0.1) is 11.8 Å². The van der Waals surface area contributed by atoms with Crippen molar-refractivity contribution in [2.24, 2.45) is 0 Å². The van der Waals surface area contributed by atoms with Gasteiger partial charge in [0.2, 0.25) is 0 Å². The molecule has 0 saturated heterocycles. The average Bonchev–Trinajstić information content (AvgIpc) is 2.67. The van der Waals surface area contributed by atoms with Crippen molar-refractivity contribution in [3.8, 4) is 0 Å². The molecule has 4 nitrogen and oxygen atoms in total. The Morgan fingerprint density at radius 2 is 2.07 bits per heavy atom. The number of rotatable bonds is 1. The van der Waals surface area contributed by atoms with Crippen molar-refractivity contribution >= 4 is 22.9 Å². The molecule has 1 N–H and O–H groups in total. The lowest BCUT2D eigenvalue weighted by atomic mass is 10.6. The van der Waals surface area contributed by atoms with E-state index >= 15 is 0 Å². The quantitative estimate of drug-likeness (QED) is 0.449. The second-order valence-electron chi connectivity index (χ2n) is 2.10. The van der Waals surface area contributed by atoms with Crippen LogP contribution in [-0.2, 0) is 0 Å². The average molecular weight is 214 g/mol. The minimum atomic E-state index is -0.737. The molecule has 0 amide bonds. The minimum absolute atomic E-state index is 0.367. The molecule has 0 bridgehead atoms. The van der Waals surface area contributed by atoms with Crippen molar-refractivity contribution in [2.45, 2.75) is 18.9 Å². The smallest absolute Gasteiger partial charge is 0.311 e. The number of aromatic amines is 1. The lowest BCUT2D eigenvalue weighted by Gasteiger charge is -1.95. The number of fused-ring (bicyclic) bond motifs is 1. The maximum absolute atomic E-state index is 12.7. The van der Waals surface area contributed by atoms with Gasteiger partial charge in [-0.1, -0.05) is 13.8 Å². The van der Waals surface area contributed by atoms with Crippen LogP contribution >= 0.6 is 11.8 Å². The van der Waals surface area contributed by atoms with E-state index < -0.39 is 6.08 Å². The lowest BCUT2D eigenvalue weighted by molar-refractivity contribution is 0.533. The summed E-state index contributed by atoms with van der Waals surface area (Å²) in [6.45, 7) is 4.00. The first kappa shape index (κ1) is 10.9. The van der Waals surface area contributed by atoms with Gasteiger partial charge in [-0.2, -0.15) is 14.4 Å². The van der Waals surface area contributed by atoms with Crippen LogP contribution < -0.4 is 0 Å². The number of imidazole rings is 1. The van der Waals surface area contributed by atoms with Crippen LogP contribution in [0.4, 0.5) is 4.39 Å². The molecule has 0 radical (unpaired) electrons. The number of H-pyrrole nitrogens is 1. The standard InChI is InChI=1S/C6H5FN4S.C2H6/c1-12-5-3-4(9-2-8-3)10-6(7)11-5;1-2/h2H,1H3,(H,8,9,10,11);1-2H3. The van der Waals surface area contributed by atoms with E-state index in [0.717, 1.165) is 0 Å². The molecule has 0 aliphatic carbocycles. The van der Waals surface area contributed by atoms with E-state index in [4.69, 9.17) is 0 Å². The summed E-state index contributed by atoms with van der Waals surface area (Å²) in [5.41, 5.74) is 1.05. The van der Waals surface area contributed by atoms with E-state index in [1.54, 1.807) is 0 Å². The molecule has 2 aromatic rings. The van der Waals surface area contributed by atoms with Crippen molar-refractivity contribution in [3.05, 3.63) is 12.4 Å². The van der Waals surface area contributed by atoms with E-state index in [1.807, 2.05) is 20.1 Å². The molecule has 2 aromatic heterocycles. The molecule has 6 heteroatoms. The Morgan fingerprint density at radius 3 is 2.71 bits per heavy atom. The van der Waals surface area contributed by atoms with E-state index in [2.05, 4.69) is 19.9 Å². The summed E-state index contributed by atoms with van der Waals surface area (Å²) >= 11 is 1.35. The number of hydrogen-bond donors (Lipinski definition) is 1. The zero-order chi connectivity index (χ0) is 10.6. The third-order valence-corrected chi connectivity index (χ3v) is 2.10. The van der Waals surface area contributed by atoms with Crippen LogP contribution in [0.5, 0.6) is 0 Å². The van der Waals surface area contributed by atoms with Gasteiger partial charge < -0.3 is 4.98 Å². The summed E-state index contributed by atoms with van der Waals surface area (Å²) in [6, 6.07) is 0. The Bertz CT molecular complexity index is 415. The molecule has 0 atom stereocenters. The van der Waals surface area contributed by atoms with Gasteiger partial charge in [0.25, 0.3) is 0 Å². The first-order valence-electron chi connectivity index (χ1n) is 4.22. The predicted molar refractivity (Wildman–Crippen MR) is 54.8 cm³/mol. The van der Waals surface area contributed by atoms with Gasteiger partial charge in [-0.05, 0) is 6.26 Å². The van der Waals surface area contributed by atoms with E-state index in [0.29, 0.717) is 16.2 Å². The fraction of sp³-hybridized carbons (Fsp3) is 0.375. The van der Waals surface area contributed by atoms with E-state index in [1.165, 1.54) is 18.1 Å². The minimum Gasteiger partial charge on any atom is -0.341 e. The van der Waals surface area contributed by atoms with E-state index in [9.17, 15) is 4.39 Å². The summed E-state index contributed by atoms with van der Waals surface area (Å²) < 4.78 is 12.7. The molecule has 0 spiro atoms. The summed E-state index contributed by atoms with van der Waals surface area (Å²) in [5.74, 6) is 0. The van der Waals surface area contributed by atoms with Gasteiger partial charge >= 0.3 is 6.08 Å². The largest absolute Gasteiger partial charge is 0.341 e. The molecule has 0 unspecified atom stereocenters. The highest BCUT2D eigenvalue weighted by molar-refractivity contribution is 7.98. The van der Waals surface area contributed by atoms with Crippen LogP contribution in [0.1, 0.15) is 13.8 Å². The normalized spacial score (nSPS) is 9.71. The number of hydrogen-bond acceptors (Lipinski definition) is 4. The third kappa shape index (κ3) is 2.01. The van der Waals surface area contributed by atoms with Crippen molar-refractivity contribution in [2.75, 3.05) is 6.26 Å². The Hall–Kier alpha value is -1.17. The van der Waals surface area contributed by atoms with Gasteiger partial charge in [0.1, 0.15) is 10.5 Å². The summed E-state index contributed by atoms with van der Waals surface area (Å²) in [6.07, 6.45) is 2.56. The molecule has 0 aliphatic rings. The molecule has 0 aliphatic heterocycles. The molecular formula is C8H11FN4S. The van der Waals surface area contributed by atoms with E-state index in [-0.39, 0.29) is 0 Å². The molecular weight excluding hydrogens is 203 g/mol. The zero-order valence-corrected chi connectivity index (χ0v) is 9.02. The lowest BCUT2D eigenvalue weighted by Crippen LogP contribution is -1.92. The Balaban J connectivity index is 0.000000461. The molecule has 0 fully saturated rings. The highest BCUT2D eigenvalue weighted by atomic mass is 32.2. The molecule has 2 rings (SSSR count). The van der Waals surface area contributed by atoms with Gasteiger partial charge in [0.15, 0.2) is 5.65 Å². The van der Waals surface area contributed by atoms with Crippen LogP contribution in [0.25, 0.3) is 11.2 Å². The summed E-state index contributed by atoms with van der Waals surface area (Å²) in [5, 5.41) is 0.579. The van der Waals surface area contributed by atoms with Crippen molar-refractivity contribution < 1.29 is 4.39 Å². The number of nitrogens with one attached hydrogen (secondary N) is 1. The highest BCUT2D eigenvalue weighted by Gasteiger charge is 2.07. The first-order chi connectivity index (χ1) is 6.81. The summed E-state index contributed by atoms with van der Waals surface area (Å²) in [4.78, 5) is 13.8. The van der Waals surface area contributed by atoms with Gasteiger partial charge in [0, 0.05) is 0 Å². The fourth-order valence-electron chi connectivity index (χ4n) is 0.929. The highest BCUT2D eigenvalue weighted by Crippen LogP contribution is 2.19. The SMILES string of the molecule is CC.CSc1nc(F)nc2nc[nH]c12. The fourth-order valence-corrected chi connectivity index (χ4v) is 1.45. The molecule has 0 aromatic carbocycles. The molecule has 0 saturated carbocycles. The monoisotopic (exact) mass is 214 g/mol. The maximum atomic E-state index is 12.7. The van der Waals surface area contributed by atoms with Crippen molar-refractivity contribution in [1.82, 2.24) is 19.9 Å². The maximum Gasteiger partial charge on any atom is 0.311 e. The Kier molecular flexibility index (Phi) is 3.82. The van der Waals surface area contributed by atoms with Gasteiger partial charge in [-0.25, -0.2) is 4.98 Å². The van der Waals surface area contributed by atoms with Crippen LogP contribution in [0.2, 0.25) is 0 Å². The van der Waals surface area contributed by atoms with Gasteiger partial charge in [0.05, 0.1) is 6.33 Å². The zero-order valence-electron chi connectivity index (χ0n) is 8.21. The molecule has 14 heavy (non-hydrogen) atoms. The third-order valence-electron chi connectivity index (χ3n) is 1.42. The predicted octanol–water partition coefficient (Wildman–Crippen LogP) is 2.24. The topological polar surface area (TPSA) is 54.5 Å². The van der Waals surface area contributed by atoms with Crippen LogP contribution in [0.3, 0.4) is 0 Å². The molecule has 2 heterocycles. The summed E-state index contributed by atoms with van der Waals surface area (Å²) in [7, 11) is 0. The van der Waals surface area contributed by atoms with Crippen LogP contribution in [-0.4, -0.2) is 26.2 Å². The number of nitrogens with zero attached hydrogens (tertiary/aromatic N) is 3. The van der Waals surface area contributed by atoms with Crippen LogP contribution in [0.15, 0.2) is 11.4 Å². The first-order valence-corrected chi connectivity index (χ1v) is 5.44. The number of thioether (sulfide) groups is 1. The Labute approximate surface area is 85.4 Å². The van der Waals surface area contributed by atoms with Gasteiger partial charge in [-0.3, -0.25) is 0 Å². The Morgan fingerprint density at radius 1 is 1.36 bits per heavy atom. The second kappa shape index (κ2) is 4.90. The number of halogens is 1. The van der Waals surface area contributed by atoms with Crippen LogP contribution in [0, 0.1) is 6.08 Å². The van der Waals surface area contributed by atoms with Crippen molar-refractivity contribution in [3.63, 3.8) is 0 Å². The van der Waals surface area contributed by atoms with Crippen molar-refractivity contribution in [1.29, 1.82) is 0 Å².